The average Bonchev–Trinajstić information content (AvgIpc) is 2.87. The van der Waals surface area contributed by atoms with Crippen molar-refractivity contribution in [2.75, 3.05) is 12.3 Å². The predicted molar refractivity (Wildman–Crippen MR) is 145 cm³/mol. The molecule has 5 heteroatoms. The molecular formula is C30H36N2O2S. The van der Waals surface area contributed by atoms with Gasteiger partial charge in [0.2, 0.25) is 11.8 Å². The molecule has 0 aliphatic carbocycles. The van der Waals surface area contributed by atoms with Gasteiger partial charge < -0.3 is 10.2 Å². The van der Waals surface area contributed by atoms with E-state index in [9.17, 15) is 9.59 Å². The summed E-state index contributed by atoms with van der Waals surface area (Å²) in [5.41, 5.74) is 3.22. The Kier molecular flexibility index (Phi) is 10.4. The van der Waals surface area contributed by atoms with Gasteiger partial charge in [-0.2, -0.15) is 0 Å². The van der Waals surface area contributed by atoms with Crippen molar-refractivity contribution in [1.82, 2.24) is 10.2 Å². The zero-order chi connectivity index (χ0) is 25.0. The average molecular weight is 489 g/mol. The molecule has 35 heavy (non-hydrogen) atoms. The van der Waals surface area contributed by atoms with Gasteiger partial charge in [0.25, 0.3) is 0 Å². The van der Waals surface area contributed by atoms with Gasteiger partial charge >= 0.3 is 0 Å². The van der Waals surface area contributed by atoms with Crippen LogP contribution in [-0.2, 0) is 22.6 Å². The lowest BCUT2D eigenvalue weighted by Gasteiger charge is -2.32. The summed E-state index contributed by atoms with van der Waals surface area (Å²) in [4.78, 5) is 30.0. The zero-order valence-electron chi connectivity index (χ0n) is 20.9. The molecule has 2 amide bonds. The van der Waals surface area contributed by atoms with Crippen LogP contribution >= 0.6 is 11.8 Å². The van der Waals surface area contributed by atoms with Crippen molar-refractivity contribution in [3.63, 3.8) is 0 Å². The number of amides is 2. The van der Waals surface area contributed by atoms with Crippen LogP contribution in [0.25, 0.3) is 0 Å². The topological polar surface area (TPSA) is 49.4 Å². The molecule has 0 bridgehead atoms. The highest BCUT2D eigenvalue weighted by Gasteiger charge is 2.30. The highest BCUT2D eigenvalue weighted by atomic mass is 32.2. The third-order valence-electron chi connectivity index (χ3n) is 5.89. The fourth-order valence-corrected chi connectivity index (χ4v) is 4.73. The smallest absolute Gasteiger partial charge is 0.243 e. The highest BCUT2D eigenvalue weighted by Crippen LogP contribution is 2.21. The monoisotopic (exact) mass is 488 g/mol. The normalized spacial score (nSPS) is 11.8. The van der Waals surface area contributed by atoms with Crippen molar-refractivity contribution < 1.29 is 9.59 Å². The van der Waals surface area contributed by atoms with Gasteiger partial charge in [0.05, 0.1) is 0 Å². The second kappa shape index (κ2) is 13.7. The second-order valence-corrected chi connectivity index (χ2v) is 10.4. The molecule has 0 aliphatic heterocycles. The lowest BCUT2D eigenvalue weighted by molar-refractivity contribution is -0.141. The lowest BCUT2D eigenvalue weighted by Crippen LogP contribution is -2.51. The van der Waals surface area contributed by atoms with Crippen LogP contribution in [0.2, 0.25) is 0 Å². The van der Waals surface area contributed by atoms with Crippen molar-refractivity contribution in [1.29, 1.82) is 0 Å². The van der Waals surface area contributed by atoms with E-state index in [-0.39, 0.29) is 11.8 Å². The number of nitrogens with one attached hydrogen (secondary N) is 1. The van der Waals surface area contributed by atoms with E-state index in [1.807, 2.05) is 79.7 Å². The number of hydrogen-bond acceptors (Lipinski definition) is 3. The van der Waals surface area contributed by atoms with Crippen LogP contribution in [0.15, 0.2) is 89.8 Å². The van der Waals surface area contributed by atoms with Crippen LogP contribution in [0.1, 0.15) is 37.0 Å². The lowest BCUT2D eigenvalue weighted by atomic mass is 10.0. The summed E-state index contributed by atoms with van der Waals surface area (Å²) in [5, 5.41) is 3.08. The van der Waals surface area contributed by atoms with E-state index in [1.165, 1.54) is 0 Å². The van der Waals surface area contributed by atoms with Crippen molar-refractivity contribution >= 4 is 23.6 Å². The number of nitrogens with zero attached hydrogens (tertiary/aromatic N) is 1. The van der Waals surface area contributed by atoms with E-state index < -0.39 is 6.04 Å². The first kappa shape index (κ1) is 26.6. The number of rotatable bonds is 12. The van der Waals surface area contributed by atoms with E-state index in [4.69, 9.17) is 0 Å². The molecule has 0 saturated heterocycles. The van der Waals surface area contributed by atoms with Gasteiger partial charge in [-0.3, -0.25) is 9.59 Å². The molecule has 0 saturated carbocycles. The molecule has 0 heterocycles. The first-order valence-electron chi connectivity index (χ1n) is 12.3. The van der Waals surface area contributed by atoms with Gasteiger partial charge in [-0.25, -0.2) is 0 Å². The molecule has 3 aromatic carbocycles. The fourth-order valence-electron chi connectivity index (χ4n) is 3.86. The van der Waals surface area contributed by atoms with Gasteiger partial charge in [-0.05, 0) is 41.7 Å². The van der Waals surface area contributed by atoms with Crippen molar-refractivity contribution in [3.05, 3.63) is 102 Å². The first-order chi connectivity index (χ1) is 16.9. The minimum atomic E-state index is -0.579. The SMILES string of the molecule is Cc1ccccc1CN(C(=O)CCSc1ccccc1)C(Cc1ccccc1)C(=O)NCC(C)C. The Bertz CT molecular complexity index is 1070. The summed E-state index contributed by atoms with van der Waals surface area (Å²) >= 11 is 1.67. The van der Waals surface area contributed by atoms with Crippen LogP contribution in [0.5, 0.6) is 0 Å². The Hall–Kier alpha value is -3.05. The highest BCUT2D eigenvalue weighted by molar-refractivity contribution is 7.99. The van der Waals surface area contributed by atoms with E-state index in [2.05, 4.69) is 31.3 Å². The van der Waals surface area contributed by atoms with Crippen molar-refractivity contribution in [3.8, 4) is 0 Å². The van der Waals surface area contributed by atoms with Gasteiger partial charge in [0, 0.05) is 36.6 Å². The Morgan fingerprint density at radius 1 is 0.886 bits per heavy atom. The number of aryl methyl sites for hydroxylation is 1. The third-order valence-corrected chi connectivity index (χ3v) is 6.90. The molecule has 1 unspecified atom stereocenters. The maximum atomic E-state index is 13.7. The van der Waals surface area contributed by atoms with Gasteiger partial charge in [-0.15, -0.1) is 11.8 Å². The maximum absolute atomic E-state index is 13.7. The molecule has 0 spiro atoms. The number of thioether (sulfide) groups is 1. The second-order valence-electron chi connectivity index (χ2n) is 9.20. The minimum absolute atomic E-state index is 0.00249. The summed E-state index contributed by atoms with van der Waals surface area (Å²) in [6.07, 6.45) is 0.850. The number of hydrogen-bond donors (Lipinski definition) is 1. The van der Waals surface area contributed by atoms with E-state index in [0.29, 0.717) is 37.6 Å². The van der Waals surface area contributed by atoms with Crippen LogP contribution in [0.3, 0.4) is 0 Å². The third kappa shape index (κ3) is 8.59. The number of carbonyl (C=O) groups excluding carboxylic acids is 2. The Morgan fingerprint density at radius 2 is 1.51 bits per heavy atom. The van der Waals surface area contributed by atoms with E-state index >= 15 is 0 Å². The summed E-state index contributed by atoms with van der Waals surface area (Å²) in [5.74, 6) is 0.898. The van der Waals surface area contributed by atoms with Crippen LogP contribution in [0.4, 0.5) is 0 Å². The van der Waals surface area contributed by atoms with Crippen molar-refractivity contribution in [2.24, 2.45) is 5.92 Å². The summed E-state index contributed by atoms with van der Waals surface area (Å²) in [7, 11) is 0. The predicted octanol–water partition coefficient (Wildman–Crippen LogP) is 5.89. The van der Waals surface area contributed by atoms with E-state index in [1.54, 1.807) is 16.7 Å². The van der Waals surface area contributed by atoms with Crippen LogP contribution in [-0.4, -0.2) is 35.1 Å². The fraction of sp³-hybridized carbons (Fsp3) is 0.333. The molecule has 0 aliphatic rings. The molecule has 3 rings (SSSR count). The molecule has 3 aromatic rings. The maximum Gasteiger partial charge on any atom is 0.243 e. The van der Waals surface area contributed by atoms with Crippen LogP contribution in [0, 0.1) is 12.8 Å². The standard InChI is InChI=1S/C30H36N2O2S/c1-23(2)21-31-30(34)28(20-25-13-6-4-7-14-25)32(22-26-15-11-10-12-24(26)3)29(33)18-19-35-27-16-8-5-9-17-27/h4-17,23,28H,18-22H2,1-3H3,(H,31,34). The Labute approximate surface area is 214 Å². The molecule has 1 N–H and O–H groups in total. The molecule has 4 nitrogen and oxygen atoms in total. The molecule has 0 aromatic heterocycles. The quantitative estimate of drug-likeness (QED) is 0.324. The van der Waals surface area contributed by atoms with Gasteiger partial charge in [-0.1, -0.05) is 86.6 Å². The number of carbonyl (C=O) groups is 2. The first-order valence-corrected chi connectivity index (χ1v) is 13.3. The Morgan fingerprint density at radius 3 is 2.17 bits per heavy atom. The Balaban J connectivity index is 1.85. The van der Waals surface area contributed by atoms with Gasteiger partial charge in [0.15, 0.2) is 0 Å². The van der Waals surface area contributed by atoms with E-state index in [0.717, 1.165) is 21.6 Å². The molecule has 0 fully saturated rings. The summed E-state index contributed by atoms with van der Waals surface area (Å²) in [6, 6.07) is 27.6. The molecular weight excluding hydrogens is 452 g/mol. The minimum Gasteiger partial charge on any atom is -0.354 e. The summed E-state index contributed by atoms with van der Waals surface area (Å²) < 4.78 is 0. The number of benzene rings is 3. The molecule has 0 radical (unpaired) electrons. The van der Waals surface area contributed by atoms with Crippen LogP contribution < -0.4 is 5.32 Å². The molecule has 1 atom stereocenters. The molecule has 184 valence electrons. The largest absolute Gasteiger partial charge is 0.354 e. The van der Waals surface area contributed by atoms with Crippen molar-refractivity contribution in [2.45, 2.75) is 51.1 Å². The summed E-state index contributed by atoms with van der Waals surface area (Å²) in [6.45, 7) is 7.19. The van der Waals surface area contributed by atoms with Gasteiger partial charge in [0.1, 0.15) is 6.04 Å². The zero-order valence-corrected chi connectivity index (χ0v) is 21.8.